The van der Waals surface area contributed by atoms with Crippen molar-refractivity contribution in [2.45, 2.75) is 13.0 Å². The molecule has 1 unspecified atom stereocenters. The summed E-state index contributed by atoms with van der Waals surface area (Å²) in [6.45, 7) is 4.92. The molecule has 0 aliphatic rings. The van der Waals surface area contributed by atoms with Crippen LogP contribution in [0.15, 0.2) is 17.6 Å². The van der Waals surface area contributed by atoms with Crippen LogP contribution < -0.4 is 11.1 Å². The van der Waals surface area contributed by atoms with Crippen LogP contribution in [0.2, 0.25) is 0 Å². The Morgan fingerprint density at radius 1 is 1.67 bits per heavy atom. The van der Waals surface area contributed by atoms with E-state index in [1.807, 2.05) is 0 Å². The molecule has 0 saturated heterocycles. The number of nitrogens with zero attached hydrogens (tertiary/aromatic N) is 1. The SMILES string of the molecule is C=CC(=O)NC(C)C=NC(N)=O. The Morgan fingerprint density at radius 3 is 2.67 bits per heavy atom. The Labute approximate surface area is 70.3 Å². The molecule has 1 atom stereocenters. The number of hydrogen-bond acceptors (Lipinski definition) is 2. The predicted molar refractivity (Wildman–Crippen MR) is 45.9 cm³/mol. The number of primary amides is 1. The van der Waals surface area contributed by atoms with Gasteiger partial charge in [0.15, 0.2) is 0 Å². The molecule has 66 valence electrons. The zero-order valence-corrected chi connectivity index (χ0v) is 6.78. The second-order valence-electron chi connectivity index (χ2n) is 2.12. The lowest BCUT2D eigenvalue weighted by Crippen LogP contribution is -2.32. The minimum atomic E-state index is -0.783. The van der Waals surface area contributed by atoms with Crippen LogP contribution in [0.1, 0.15) is 6.92 Å². The Bertz CT molecular complexity index is 223. The van der Waals surface area contributed by atoms with Gasteiger partial charge >= 0.3 is 6.03 Å². The molecule has 0 spiro atoms. The van der Waals surface area contributed by atoms with Gasteiger partial charge in [-0.15, -0.1) is 0 Å². The molecule has 0 bridgehead atoms. The first-order valence-electron chi connectivity index (χ1n) is 3.33. The molecule has 0 aromatic heterocycles. The monoisotopic (exact) mass is 169 g/mol. The molecule has 0 heterocycles. The number of carbonyl (C=O) groups excluding carboxylic acids is 2. The molecule has 3 amide bonds. The van der Waals surface area contributed by atoms with Crippen LogP contribution in [0.4, 0.5) is 4.79 Å². The number of aliphatic imine (C=N–C) groups is 1. The number of hydrogen-bond donors (Lipinski definition) is 2. The Morgan fingerprint density at radius 2 is 2.25 bits per heavy atom. The molecule has 5 nitrogen and oxygen atoms in total. The van der Waals surface area contributed by atoms with Gasteiger partial charge in [-0.05, 0) is 13.0 Å². The van der Waals surface area contributed by atoms with Gasteiger partial charge in [0.1, 0.15) is 0 Å². The Hall–Kier alpha value is -1.65. The molecule has 0 aromatic rings. The minimum Gasteiger partial charge on any atom is -0.350 e. The Balaban J connectivity index is 3.88. The molecule has 0 aromatic carbocycles. The van der Waals surface area contributed by atoms with E-state index in [1.54, 1.807) is 6.92 Å². The average molecular weight is 169 g/mol. The number of urea groups is 1. The molecule has 0 rings (SSSR count). The quantitative estimate of drug-likeness (QED) is 0.454. The van der Waals surface area contributed by atoms with Gasteiger partial charge in [0.05, 0.1) is 6.04 Å². The van der Waals surface area contributed by atoms with Crippen LogP contribution in [-0.2, 0) is 4.79 Å². The summed E-state index contributed by atoms with van der Waals surface area (Å²) in [5.74, 6) is -0.321. The van der Waals surface area contributed by atoms with Crippen molar-refractivity contribution in [2.75, 3.05) is 0 Å². The van der Waals surface area contributed by atoms with E-state index in [-0.39, 0.29) is 11.9 Å². The highest BCUT2D eigenvalue weighted by molar-refractivity contribution is 5.91. The zero-order chi connectivity index (χ0) is 9.56. The van der Waals surface area contributed by atoms with Crippen LogP contribution in [-0.4, -0.2) is 24.2 Å². The van der Waals surface area contributed by atoms with E-state index in [1.165, 1.54) is 6.21 Å². The van der Waals surface area contributed by atoms with Crippen LogP contribution >= 0.6 is 0 Å². The fourth-order valence-electron chi connectivity index (χ4n) is 0.506. The van der Waals surface area contributed by atoms with Crippen molar-refractivity contribution in [3.05, 3.63) is 12.7 Å². The maximum absolute atomic E-state index is 10.7. The highest BCUT2D eigenvalue weighted by atomic mass is 16.2. The van der Waals surface area contributed by atoms with Gasteiger partial charge < -0.3 is 11.1 Å². The summed E-state index contributed by atoms with van der Waals surface area (Å²) in [6.07, 6.45) is 2.39. The first-order chi connectivity index (χ1) is 5.56. The third kappa shape index (κ3) is 5.16. The van der Waals surface area contributed by atoms with Gasteiger partial charge in [0.25, 0.3) is 0 Å². The predicted octanol–water partition coefficient (Wildman–Crippen LogP) is -0.173. The van der Waals surface area contributed by atoms with Gasteiger partial charge in [-0.1, -0.05) is 6.58 Å². The van der Waals surface area contributed by atoms with Gasteiger partial charge in [0.2, 0.25) is 5.91 Å². The van der Waals surface area contributed by atoms with Gasteiger partial charge in [-0.25, -0.2) is 9.79 Å². The van der Waals surface area contributed by atoms with Gasteiger partial charge in [0, 0.05) is 6.21 Å². The third-order valence-corrected chi connectivity index (χ3v) is 0.981. The fourth-order valence-corrected chi connectivity index (χ4v) is 0.506. The fraction of sp³-hybridized carbons (Fsp3) is 0.286. The summed E-state index contributed by atoms with van der Waals surface area (Å²) in [4.78, 5) is 24.1. The summed E-state index contributed by atoms with van der Waals surface area (Å²) in [5, 5.41) is 2.47. The van der Waals surface area contributed by atoms with E-state index in [4.69, 9.17) is 5.73 Å². The molecule has 0 saturated carbocycles. The maximum atomic E-state index is 10.7. The zero-order valence-electron chi connectivity index (χ0n) is 6.78. The Kier molecular flexibility index (Phi) is 4.36. The average Bonchev–Trinajstić information content (AvgIpc) is 2.00. The lowest BCUT2D eigenvalue weighted by Gasteiger charge is -2.04. The third-order valence-electron chi connectivity index (χ3n) is 0.981. The molecule has 0 aliphatic heterocycles. The number of nitrogens with two attached hydrogens (primary N) is 1. The molecular formula is C7H11N3O2. The number of nitrogens with one attached hydrogen (secondary N) is 1. The van der Waals surface area contributed by atoms with Crippen LogP contribution in [0.25, 0.3) is 0 Å². The lowest BCUT2D eigenvalue weighted by molar-refractivity contribution is -0.116. The molecule has 0 radical (unpaired) electrons. The summed E-state index contributed by atoms with van der Waals surface area (Å²) in [6, 6.07) is -1.11. The van der Waals surface area contributed by atoms with E-state index >= 15 is 0 Å². The molecule has 12 heavy (non-hydrogen) atoms. The van der Waals surface area contributed by atoms with Crippen molar-refractivity contribution >= 4 is 18.2 Å². The number of carbonyl (C=O) groups is 2. The number of amides is 3. The lowest BCUT2D eigenvalue weighted by atomic mass is 10.3. The van der Waals surface area contributed by atoms with E-state index < -0.39 is 6.03 Å². The standard InChI is InChI=1S/C7H11N3O2/c1-3-6(11)10-5(2)4-9-7(8)12/h3-5H,1H2,2H3,(H2,8,12)(H,10,11). The highest BCUT2D eigenvalue weighted by Crippen LogP contribution is 1.78. The second kappa shape index (κ2) is 5.06. The first kappa shape index (κ1) is 10.3. The number of rotatable bonds is 3. The molecule has 5 heteroatoms. The smallest absolute Gasteiger partial charge is 0.338 e. The summed E-state index contributed by atoms with van der Waals surface area (Å²) in [7, 11) is 0. The van der Waals surface area contributed by atoms with E-state index in [0.717, 1.165) is 6.08 Å². The maximum Gasteiger partial charge on any atom is 0.338 e. The second-order valence-corrected chi connectivity index (χ2v) is 2.12. The van der Waals surface area contributed by atoms with Crippen LogP contribution in [0.3, 0.4) is 0 Å². The molecule has 3 N–H and O–H groups in total. The van der Waals surface area contributed by atoms with Crippen molar-refractivity contribution in [1.29, 1.82) is 0 Å². The molecular weight excluding hydrogens is 158 g/mol. The van der Waals surface area contributed by atoms with Crippen LogP contribution in [0, 0.1) is 0 Å². The normalized spacial score (nSPS) is 12.4. The molecule has 0 fully saturated rings. The largest absolute Gasteiger partial charge is 0.350 e. The van der Waals surface area contributed by atoms with Gasteiger partial charge in [-0.3, -0.25) is 4.79 Å². The summed E-state index contributed by atoms with van der Waals surface area (Å²) < 4.78 is 0. The van der Waals surface area contributed by atoms with E-state index in [0.29, 0.717) is 0 Å². The van der Waals surface area contributed by atoms with Crippen molar-refractivity contribution in [2.24, 2.45) is 10.7 Å². The van der Waals surface area contributed by atoms with Crippen molar-refractivity contribution in [3.8, 4) is 0 Å². The van der Waals surface area contributed by atoms with Crippen LogP contribution in [0.5, 0.6) is 0 Å². The van der Waals surface area contributed by atoms with Crippen molar-refractivity contribution in [3.63, 3.8) is 0 Å². The van der Waals surface area contributed by atoms with Crippen molar-refractivity contribution in [1.82, 2.24) is 5.32 Å². The topological polar surface area (TPSA) is 84.6 Å². The molecule has 0 aliphatic carbocycles. The summed E-state index contributed by atoms with van der Waals surface area (Å²) >= 11 is 0. The highest BCUT2D eigenvalue weighted by Gasteiger charge is 1.99. The van der Waals surface area contributed by atoms with Crippen molar-refractivity contribution < 1.29 is 9.59 Å². The van der Waals surface area contributed by atoms with E-state index in [2.05, 4.69) is 16.9 Å². The minimum absolute atomic E-state index is 0.321. The first-order valence-corrected chi connectivity index (χ1v) is 3.33. The van der Waals surface area contributed by atoms with Gasteiger partial charge in [-0.2, -0.15) is 0 Å². The van der Waals surface area contributed by atoms with E-state index in [9.17, 15) is 9.59 Å². The summed E-state index contributed by atoms with van der Waals surface area (Å²) in [5.41, 5.74) is 4.73.